The van der Waals surface area contributed by atoms with Gasteiger partial charge in [0.2, 0.25) is 5.91 Å². The Balaban J connectivity index is 4.50. The topological polar surface area (TPSA) is 67.9 Å². The van der Waals surface area contributed by atoms with Crippen molar-refractivity contribution in [2.75, 3.05) is 13.1 Å². The first kappa shape index (κ1) is 11.4. The molecular weight excluding hydrogens is 166 g/mol. The van der Waals surface area contributed by atoms with Gasteiger partial charge < -0.3 is 4.90 Å². The van der Waals surface area contributed by atoms with Crippen molar-refractivity contribution >= 4 is 5.91 Å². The smallest absolute Gasteiger partial charge is 0.229 e. The summed E-state index contributed by atoms with van der Waals surface area (Å²) in [4.78, 5) is 12.8. The molecule has 0 rings (SSSR count). The second-order valence-corrected chi connectivity index (χ2v) is 3.73. The molecule has 0 bridgehead atoms. The minimum atomic E-state index is -0.534. The zero-order valence-corrected chi connectivity index (χ0v) is 8.16. The number of rotatable bonds is 2. The molecule has 0 unspecified atom stereocenters. The number of nitriles is 2. The minimum absolute atomic E-state index is 0.0241. The Hall–Kier alpha value is -1.55. The molecule has 4 nitrogen and oxygen atoms in total. The van der Waals surface area contributed by atoms with Gasteiger partial charge in [0, 0.05) is 5.41 Å². The third-order valence-corrected chi connectivity index (χ3v) is 1.45. The van der Waals surface area contributed by atoms with Crippen LogP contribution in [-0.4, -0.2) is 23.9 Å². The number of carbonyl (C=O) groups is 1. The van der Waals surface area contributed by atoms with E-state index in [-0.39, 0.29) is 19.0 Å². The molecule has 0 atom stereocenters. The highest BCUT2D eigenvalue weighted by molar-refractivity contribution is 5.81. The standard InChI is InChI=1S/C9H13N3O/c1-9(2,3)8(13)12(6-4-10)7-5-11/h6-7H2,1-3H3. The largest absolute Gasteiger partial charge is 0.316 e. The Bertz CT molecular complexity index is 248. The Morgan fingerprint density at radius 3 is 1.85 bits per heavy atom. The van der Waals surface area contributed by atoms with E-state index in [0.29, 0.717) is 0 Å². The van der Waals surface area contributed by atoms with Gasteiger partial charge in [-0.05, 0) is 0 Å². The van der Waals surface area contributed by atoms with Gasteiger partial charge in [0.05, 0.1) is 12.1 Å². The predicted octanol–water partition coefficient (Wildman–Crippen LogP) is 0.908. The molecule has 4 heteroatoms. The van der Waals surface area contributed by atoms with Gasteiger partial charge >= 0.3 is 0 Å². The Morgan fingerprint density at radius 1 is 1.23 bits per heavy atom. The summed E-state index contributed by atoms with van der Waals surface area (Å²) in [5.74, 6) is -0.171. The van der Waals surface area contributed by atoms with Gasteiger partial charge in [-0.25, -0.2) is 0 Å². The molecule has 0 aliphatic heterocycles. The molecule has 0 aromatic rings. The van der Waals surface area contributed by atoms with Gasteiger partial charge in [0.1, 0.15) is 13.1 Å². The van der Waals surface area contributed by atoms with Crippen molar-refractivity contribution in [3.05, 3.63) is 0 Å². The fourth-order valence-electron chi connectivity index (χ4n) is 0.845. The van der Waals surface area contributed by atoms with Crippen molar-refractivity contribution in [3.63, 3.8) is 0 Å². The van der Waals surface area contributed by atoms with E-state index < -0.39 is 5.41 Å². The van der Waals surface area contributed by atoms with Gasteiger partial charge in [0.25, 0.3) is 0 Å². The maximum atomic E-state index is 11.6. The third kappa shape index (κ3) is 3.57. The average molecular weight is 179 g/mol. The first-order chi connectivity index (χ1) is 5.93. The van der Waals surface area contributed by atoms with Gasteiger partial charge in [-0.1, -0.05) is 20.8 Å². The zero-order chi connectivity index (χ0) is 10.5. The summed E-state index contributed by atoms with van der Waals surface area (Å²) in [5.41, 5.74) is -0.534. The molecule has 0 aliphatic rings. The average Bonchev–Trinajstić information content (AvgIpc) is 2.01. The fourth-order valence-corrected chi connectivity index (χ4v) is 0.845. The van der Waals surface area contributed by atoms with Gasteiger partial charge in [-0.2, -0.15) is 10.5 Å². The summed E-state index contributed by atoms with van der Waals surface area (Å²) in [7, 11) is 0. The van der Waals surface area contributed by atoms with E-state index in [2.05, 4.69) is 0 Å². The van der Waals surface area contributed by atoms with Crippen molar-refractivity contribution in [2.24, 2.45) is 5.41 Å². The number of hydrogen-bond donors (Lipinski definition) is 0. The minimum Gasteiger partial charge on any atom is -0.316 e. The van der Waals surface area contributed by atoms with Crippen LogP contribution in [0, 0.1) is 28.1 Å². The molecule has 0 saturated carbocycles. The van der Waals surface area contributed by atoms with Gasteiger partial charge in [0.15, 0.2) is 0 Å². The van der Waals surface area contributed by atoms with Crippen LogP contribution in [0.3, 0.4) is 0 Å². The zero-order valence-electron chi connectivity index (χ0n) is 8.16. The highest BCUT2D eigenvalue weighted by Gasteiger charge is 2.26. The Kier molecular flexibility index (Phi) is 3.94. The van der Waals surface area contributed by atoms with Crippen LogP contribution in [0.1, 0.15) is 20.8 Å². The van der Waals surface area contributed by atoms with E-state index in [1.807, 2.05) is 12.1 Å². The third-order valence-electron chi connectivity index (χ3n) is 1.45. The number of carbonyl (C=O) groups excluding carboxylic acids is 1. The predicted molar refractivity (Wildman–Crippen MR) is 47.3 cm³/mol. The second-order valence-electron chi connectivity index (χ2n) is 3.73. The van der Waals surface area contributed by atoms with Gasteiger partial charge in [-0.3, -0.25) is 4.79 Å². The Labute approximate surface area is 78.4 Å². The monoisotopic (exact) mass is 179 g/mol. The molecule has 0 aromatic carbocycles. The molecule has 0 N–H and O–H groups in total. The van der Waals surface area contributed by atoms with E-state index >= 15 is 0 Å². The summed E-state index contributed by atoms with van der Waals surface area (Å²) in [6.07, 6.45) is 0. The molecule has 0 fully saturated rings. The molecule has 70 valence electrons. The molecule has 0 radical (unpaired) electrons. The lowest BCUT2D eigenvalue weighted by Gasteiger charge is -2.25. The van der Waals surface area contributed by atoms with E-state index in [1.54, 1.807) is 20.8 Å². The molecule has 0 spiro atoms. The van der Waals surface area contributed by atoms with Crippen LogP contribution in [0.15, 0.2) is 0 Å². The van der Waals surface area contributed by atoms with Crippen LogP contribution >= 0.6 is 0 Å². The van der Waals surface area contributed by atoms with Crippen molar-refractivity contribution in [2.45, 2.75) is 20.8 Å². The van der Waals surface area contributed by atoms with Gasteiger partial charge in [-0.15, -0.1) is 0 Å². The second kappa shape index (κ2) is 4.47. The van der Waals surface area contributed by atoms with Crippen LogP contribution < -0.4 is 0 Å². The van der Waals surface area contributed by atoms with Crippen LogP contribution in [0.25, 0.3) is 0 Å². The quantitative estimate of drug-likeness (QED) is 0.591. The SMILES string of the molecule is CC(C)(C)C(=O)N(CC#N)CC#N. The summed E-state index contributed by atoms with van der Waals surface area (Å²) in [6, 6.07) is 3.72. The first-order valence-corrected chi connectivity index (χ1v) is 3.96. The molecule has 0 heterocycles. The molecule has 13 heavy (non-hydrogen) atoms. The molecule has 0 aliphatic carbocycles. The normalized spacial score (nSPS) is 9.92. The maximum Gasteiger partial charge on any atom is 0.229 e. The number of nitrogens with zero attached hydrogens (tertiary/aromatic N) is 3. The van der Waals surface area contributed by atoms with Crippen LogP contribution in [-0.2, 0) is 4.79 Å². The van der Waals surface area contributed by atoms with Crippen LogP contribution in [0.4, 0.5) is 0 Å². The summed E-state index contributed by atoms with van der Waals surface area (Å²) < 4.78 is 0. The maximum absolute atomic E-state index is 11.6. The molecule has 1 amide bonds. The molecule has 0 saturated heterocycles. The molecular formula is C9H13N3O. The Morgan fingerprint density at radius 2 is 1.62 bits per heavy atom. The summed E-state index contributed by atoms with van der Waals surface area (Å²) >= 11 is 0. The van der Waals surface area contributed by atoms with E-state index in [9.17, 15) is 4.79 Å². The number of amides is 1. The van der Waals surface area contributed by atoms with Crippen molar-refractivity contribution in [1.29, 1.82) is 10.5 Å². The number of hydrogen-bond acceptors (Lipinski definition) is 3. The lowest BCUT2D eigenvalue weighted by atomic mass is 9.95. The summed E-state index contributed by atoms with van der Waals surface area (Å²) in [6.45, 7) is 5.23. The van der Waals surface area contributed by atoms with E-state index in [4.69, 9.17) is 10.5 Å². The van der Waals surface area contributed by atoms with E-state index in [1.165, 1.54) is 4.90 Å². The lowest BCUT2D eigenvalue weighted by Crippen LogP contribution is -2.39. The van der Waals surface area contributed by atoms with Crippen LogP contribution in [0.2, 0.25) is 0 Å². The fraction of sp³-hybridized carbons (Fsp3) is 0.667. The molecule has 0 aromatic heterocycles. The summed E-state index contributed by atoms with van der Waals surface area (Å²) in [5, 5.41) is 16.8. The van der Waals surface area contributed by atoms with Crippen molar-refractivity contribution < 1.29 is 4.79 Å². The first-order valence-electron chi connectivity index (χ1n) is 3.96. The lowest BCUT2D eigenvalue weighted by molar-refractivity contribution is -0.138. The highest BCUT2D eigenvalue weighted by Crippen LogP contribution is 2.16. The van der Waals surface area contributed by atoms with Crippen molar-refractivity contribution in [3.8, 4) is 12.1 Å². The van der Waals surface area contributed by atoms with Crippen LogP contribution in [0.5, 0.6) is 0 Å². The highest BCUT2D eigenvalue weighted by atomic mass is 16.2. The van der Waals surface area contributed by atoms with Crippen molar-refractivity contribution in [1.82, 2.24) is 4.90 Å². The van der Waals surface area contributed by atoms with E-state index in [0.717, 1.165) is 0 Å².